The van der Waals surface area contributed by atoms with Crippen molar-refractivity contribution in [1.29, 1.82) is 0 Å². The van der Waals surface area contributed by atoms with Gasteiger partial charge in [-0.1, -0.05) is 0 Å². The van der Waals surface area contributed by atoms with E-state index in [0.29, 0.717) is 5.69 Å². The first-order valence-electron chi connectivity index (χ1n) is 7.90. The number of carbonyl (C=O) groups excluding carboxylic acids is 2. The first-order valence-corrected chi connectivity index (χ1v) is 9.12. The van der Waals surface area contributed by atoms with E-state index in [4.69, 9.17) is 0 Å². The van der Waals surface area contributed by atoms with Crippen LogP contribution < -0.4 is 15.0 Å². The van der Waals surface area contributed by atoms with Crippen molar-refractivity contribution in [1.82, 2.24) is 0 Å². The molecular formula is C18H15F3N2O3S. The zero-order valence-corrected chi connectivity index (χ0v) is 14.9. The fourth-order valence-corrected chi connectivity index (χ4v) is 3.11. The Hall–Kier alpha value is -2.68. The van der Waals surface area contributed by atoms with Crippen LogP contribution in [0.5, 0.6) is 5.75 Å². The molecule has 2 amide bonds. The van der Waals surface area contributed by atoms with Crippen molar-refractivity contribution >= 4 is 35.0 Å². The van der Waals surface area contributed by atoms with Crippen molar-refractivity contribution in [2.45, 2.75) is 23.7 Å². The van der Waals surface area contributed by atoms with Crippen molar-refractivity contribution in [3.05, 3.63) is 48.5 Å². The average Bonchev–Trinajstić information content (AvgIpc) is 2.89. The zero-order valence-electron chi connectivity index (χ0n) is 14.1. The SMILES string of the molecule is CSc1ccc(NC2CC(=O)N(c3ccc(OC(F)(F)F)cc3)C2=O)cc1. The largest absolute Gasteiger partial charge is 0.573 e. The minimum Gasteiger partial charge on any atom is -0.406 e. The Morgan fingerprint density at radius 3 is 2.26 bits per heavy atom. The summed E-state index contributed by atoms with van der Waals surface area (Å²) >= 11 is 1.59. The molecule has 1 saturated heterocycles. The van der Waals surface area contributed by atoms with Crippen LogP contribution in [0.25, 0.3) is 0 Å². The maximum Gasteiger partial charge on any atom is 0.573 e. The standard InChI is InChI=1S/C18H15F3N2O3S/c1-27-14-8-2-11(3-9-14)22-15-10-16(24)23(17(15)25)12-4-6-13(7-5-12)26-18(19,20)21/h2-9,15,22H,10H2,1H3. The Labute approximate surface area is 157 Å². The fourth-order valence-electron chi connectivity index (χ4n) is 2.70. The molecule has 0 spiro atoms. The molecule has 1 unspecified atom stereocenters. The Morgan fingerprint density at radius 1 is 1.07 bits per heavy atom. The van der Waals surface area contributed by atoms with Crippen LogP contribution in [0.1, 0.15) is 6.42 Å². The number of carbonyl (C=O) groups is 2. The summed E-state index contributed by atoms with van der Waals surface area (Å²) in [5.41, 5.74) is 0.899. The van der Waals surface area contributed by atoms with Crippen LogP contribution in [0.15, 0.2) is 53.4 Å². The van der Waals surface area contributed by atoms with Gasteiger partial charge >= 0.3 is 6.36 Å². The highest BCUT2D eigenvalue weighted by atomic mass is 32.2. The van der Waals surface area contributed by atoms with Gasteiger partial charge < -0.3 is 10.1 Å². The van der Waals surface area contributed by atoms with Crippen LogP contribution in [-0.2, 0) is 9.59 Å². The van der Waals surface area contributed by atoms with Gasteiger partial charge in [0.1, 0.15) is 11.8 Å². The second kappa shape index (κ2) is 7.51. The van der Waals surface area contributed by atoms with E-state index in [2.05, 4.69) is 10.1 Å². The first kappa shape index (κ1) is 19.1. The van der Waals surface area contributed by atoms with E-state index in [1.165, 1.54) is 12.1 Å². The minimum atomic E-state index is -4.80. The molecule has 2 aromatic rings. The van der Waals surface area contributed by atoms with Crippen LogP contribution in [0.2, 0.25) is 0 Å². The Morgan fingerprint density at radius 2 is 1.70 bits per heavy atom. The van der Waals surface area contributed by atoms with Crippen molar-refractivity contribution in [2.24, 2.45) is 0 Å². The highest BCUT2D eigenvalue weighted by molar-refractivity contribution is 7.98. The zero-order chi connectivity index (χ0) is 19.6. The summed E-state index contributed by atoms with van der Waals surface area (Å²) in [5.74, 6) is -1.31. The molecule has 1 fully saturated rings. The number of thioether (sulfide) groups is 1. The van der Waals surface area contributed by atoms with E-state index >= 15 is 0 Å². The lowest BCUT2D eigenvalue weighted by Crippen LogP contribution is -2.34. The second-order valence-corrected chi connectivity index (χ2v) is 6.62. The number of amides is 2. The Bertz CT molecular complexity index is 838. The number of benzene rings is 2. The van der Waals surface area contributed by atoms with Gasteiger partial charge in [-0.3, -0.25) is 9.59 Å². The van der Waals surface area contributed by atoms with Gasteiger partial charge in [-0.05, 0) is 54.8 Å². The highest BCUT2D eigenvalue weighted by Gasteiger charge is 2.39. The quantitative estimate of drug-likeness (QED) is 0.610. The monoisotopic (exact) mass is 396 g/mol. The van der Waals surface area contributed by atoms with Gasteiger partial charge in [0.2, 0.25) is 5.91 Å². The highest BCUT2D eigenvalue weighted by Crippen LogP contribution is 2.29. The number of rotatable bonds is 5. The molecule has 1 N–H and O–H groups in total. The van der Waals surface area contributed by atoms with E-state index in [0.717, 1.165) is 21.9 Å². The summed E-state index contributed by atoms with van der Waals surface area (Å²) < 4.78 is 40.5. The van der Waals surface area contributed by atoms with Crippen LogP contribution in [-0.4, -0.2) is 30.5 Å². The van der Waals surface area contributed by atoms with Crippen LogP contribution in [0.3, 0.4) is 0 Å². The van der Waals surface area contributed by atoms with Gasteiger partial charge in [-0.25, -0.2) is 4.90 Å². The normalized spacial score (nSPS) is 17.3. The summed E-state index contributed by atoms with van der Waals surface area (Å²) in [6, 6.07) is 11.3. The third-order valence-electron chi connectivity index (χ3n) is 3.91. The number of anilines is 2. The number of nitrogens with zero attached hydrogens (tertiary/aromatic N) is 1. The van der Waals surface area contributed by atoms with Crippen molar-refractivity contribution in [2.75, 3.05) is 16.5 Å². The summed E-state index contributed by atoms with van der Waals surface area (Å²) in [6.45, 7) is 0. The summed E-state index contributed by atoms with van der Waals surface area (Å²) in [7, 11) is 0. The van der Waals surface area contributed by atoms with Gasteiger partial charge in [0.25, 0.3) is 5.91 Å². The maximum absolute atomic E-state index is 12.6. The molecule has 9 heteroatoms. The van der Waals surface area contributed by atoms with Crippen molar-refractivity contribution in [3.63, 3.8) is 0 Å². The summed E-state index contributed by atoms with van der Waals surface area (Å²) in [5, 5.41) is 3.02. The molecule has 0 saturated carbocycles. The maximum atomic E-state index is 12.6. The number of alkyl halides is 3. The molecule has 0 aromatic heterocycles. The van der Waals surface area contributed by atoms with Gasteiger partial charge in [0, 0.05) is 10.6 Å². The van der Waals surface area contributed by atoms with E-state index in [9.17, 15) is 22.8 Å². The molecule has 1 aliphatic heterocycles. The van der Waals surface area contributed by atoms with Gasteiger partial charge in [-0.2, -0.15) is 0 Å². The number of ether oxygens (including phenoxy) is 1. The predicted molar refractivity (Wildman–Crippen MR) is 95.9 cm³/mol. The van der Waals surface area contributed by atoms with E-state index in [1.54, 1.807) is 11.8 Å². The van der Waals surface area contributed by atoms with E-state index in [1.807, 2.05) is 30.5 Å². The molecule has 142 valence electrons. The predicted octanol–water partition coefficient (Wildman–Crippen LogP) is 4.05. The van der Waals surface area contributed by atoms with Crippen molar-refractivity contribution in [3.8, 4) is 5.75 Å². The molecule has 1 aliphatic rings. The molecule has 1 heterocycles. The number of nitrogens with one attached hydrogen (secondary N) is 1. The third kappa shape index (κ3) is 4.54. The molecular weight excluding hydrogens is 381 g/mol. The molecule has 5 nitrogen and oxygen atoms in total. The van der Waals surface area contributed by atoms with Gasteiger partial charge in [0.05, 0.1) is 12.1 Å². The fraction of sp³-hybridized carbons (Fsp3) is 0.222. The van der Waals surface area contributed by atoms with Crippen molar-refractivity contribution < 1.29 is 27.5 Å². The topological polar surface area (TPSA) is 58.6 Å². The minimum absolute atomic E-state index is 0.0378. The summed E-state index contributed by atoms with van der Waals surface area (Å²) in [6.07, 6.45) is -2.89. The number of halogens is 3. The van der Waals surface area contributed by atoms with Crippen LogP contribution in [0, 0.1) is 0 Å². The molecule has 0 bridgehead atoms. The molecule has 2 aromatic carbocycles. The van der Waals surface area contributed by atoms with Gasteiger partial charge in [0.15, 0.2) is 0 Å². The molecule has 0 aliphatic carbocycles. The number of hydrogen-bond acceptors (Lipinski definition) is 5. The van der Waals surface area contributed by atoms with Gasteiger partial charge in [-0.15, -0.1) is 24.9 Å². The lowest BCUT2D eigenvalue weighted by Gasteiger charge is -2.17. The van der Waals surface area contributed by atoms with E-state index < -0.39 is 30.0 Å². The lowest BCUT2D eigenvalue weighted by atomic mass is 10.2. The number of imide groups is 1. The Kier molecular flexibility index (Phi) is 5.31. The smallest absolute Gasteiger partial charge is 0.406 e. The van der Waals surface area contributed by atoms with E-state index in [-0.39, 0.29) is 12.1 Å². The average molecular weight is 396 g/mol. The summed E-state index contributed by atoms with van der Waals surface area (Å²) in [4.78, 5) is 26.9. The second-order valence-electron chi connectivity index (χ2n) is 5.74. The molecule has 0 radical (unpaired) electrons. The number of hydrogen-bond donors (Lipinski definition) is 1. The lowest BCUT2D eigenvalue weighted by molar-refractivity contribution is -0.274. The molecule has 1 atom stereocenters. The third-order valence-corrected chi connectivity index (χ3v) is 4.65. The first-order chi connectivity index (χ1) is 12.8. The molecule has 27 heavy (non-hydrogen) atoms. The van der Waals surface area contributed by atoms with Crippen LogP contribution in [0.4, 0.5) is 24.5 Å². The molecule has 3 rings (SSSR count). The Balaban J connectivity index is 1.71. The van der Waals surface area contributed by atoms with Crippen LogP contribution >= 0.6 is 11.8 Å².